The maximum Gasteiger partial charge on any atom is 0.334 e. The highest BCUT2D eigenvalue weighted by atomic mass is 16.7. The van der Waals surface area contributed by atoms with Crippen molar-refractivity contribution in [1.82, 2.24) is 0 Å². The summed E-state index contributed by atoms with van der Waals surface area (Å²) in [5.74, 6) is -3.14. The summed E-state index contributed by atoms with van der Waals surface area (Å²) >= 11 is 0. The predicted octanol–water partition coefficient (Wildman–Crippen LogP) is 0.296. The Bertz CT molecular complexity index is 309. The number of hydrogen-bond donors (Lipinski definition) is 1. The molecule has 0 aromatic rings. The number of hydrogen-bond acceptors (Lipinski definition) is 5. The second-order valence-electron chi connectivity index (χ2n) is 3.16. The molecule has 1 N–H and O–H groups in total. The summed E-state index contributed by atoms with van der Waals surface area (Å²) in [5.41, 5.74) is 0. The molecule has 0 aliphatic carbocycles. The Hall–Kier alpha value is -1.62. The minimum absolute atomic E-state index is 0.730. The Balaban J connectivity index is 2.92. The lowest BCUT2D eigenvalue weighted by atomic mass is 10.1. The maximum absolute atomic E-state index is 11.1. The smallest absolute Gasteiger partial charge is 0.334 e. The van der Waals surface area contributed by atoms with Crippen molar-refractivity contribution in [2.24, 2.45) is 0 Å². The highest BCUT2D eigenvalue weighted by Gasteiger charge is 2.40. The monoisotopic (exact) mass is 212 g/mol. The zero-order chi connectivity index (χ0) is 11.5. The molecule has 5 heteroatoms. The van der Waals surface area contributed by atoms with Crippen LogP contribution < -0.4 is 0 Å². The molecular formula is C10H12O5. The van der Waals surface area contributed by atoms with Crippen molar-refractivity contribution in [2.45, 2.75) is 25.7 Å². The first-order chi connectivity index (χ1) is 6.98. The number of carbonyl (C=O) groups excluding carboxylic acids is 2. The van der Waals surface area contributed by atoms with Gasteiger partial charge < -0.3 is 14.6 Å². The van der Waals surface area contributed by atoms with Crippen LogP contribution >= 0.6 is 0 Å². The van der Waals surface area contributed by atoms with Gasteiger partial charge in [-0.05, 0) is 6.92 Å². The van der Waals surface area contributed by atoms with Crippen LogP contribution in [0.15, 0.2) is 24.3 Å². The average Bonchev–Trinajstić information content (AvgIpc) is 2.26. The molecule has 82 valence electrons. The summed E-state index contributed by atoms with van der Waals surface area (Å²) in [6, 6.07) is 0. The molecule has 1 unspecified atom stereocenters. The van der Waals surface area contributed by atoms with Gasteiger partial charge in [0.1, 0.15) is 6.10 Å². The number of carbonyl (C=O) groups is 2. The molecule has 1 heterocycles. The highest BCUT2D eigenvalue weighted by molar-refractivity contribution is 5.93. The maximum atomic E-state index is 11.1. The third-order valence-electron chi connectivity index (χ3n) is 1.87. The molecule has 1 rings (SSSR count). The van der Waals surface area contributed by atoms with Gasteiger partial charge in [-0.1, -0.05) is 12.2 Å². The summed E-state index contributed by atoms with van der Waals surface area (Å²) in [5, 5.41) is 9.62. The van der Waals surface area contributed by atoms with Crippen LogP contribution in [0.3, 0.4) is 0 Å². The van der Waals surface area contributed by atoms with Gasteiger partial charge in [0.25, 0.3) is 5.79 Å². The topological polar surface area (TPSA) is 72.8 Å². The van der Waals surface area contributed by atoms with Crippen molar-refractivity contribution in [1.29, 1.82) is 0 Å². The second kappa shape index (κ2) is 4.27. The zero-order valence-electron chi connectivity index (χ0n) is 8.47. The standard InChI is InChI=1S/C10H12O5/c1-3-4-7(11)10(2)14-8(12)5-6-9(13)15-10/h3-7,11H,1-2H3/b4-3+. The van der Waals surface area contributed by atoms with Crippen molar-refractivity contribution in [3.8, 4) is 0 Å². The minimum atomic E-state index is -1.68. The quantitative estimate of drug-likeness (QED) is 0.526. The van der Waals surface area contributed by atoms with E-state index in [2.05, 4.69) is 0 Å². The zero-order valence-corrected chi connectivity index (χ0v) is 8.47. The number of esters is 2. The molecule has 0 saturated heterocycles. The van der Waals surface area contributed by atoms with E-state index < -0.39 is 23.8 Å². The lowest BCUT2D eigenvalue weighted by Gasteiger charge is -2.29. The van der Waals surface area contributed by atoms with Gasteiger partial charge in [-0.2, -0.15) is 0 Å². The number of rotatable bonds is 2. The van der Waals surface area contributed by atoms with Gasteiger partial charge in [-0.25, -0.2) is 9.59 Å². The fourth-order valence-corrected chi connectivity index (χ4v) is 1.10. The Morgan fingerprint density at radius 1 is 1.33 bits per heavy atom. The molecular weight excluding hydrogens is 200 g/mol. The molecule has 1 atom stereocenters. The molecule has 0 saturated carbocycles. The normalized spacial score (nSPS) is 22.1. The van der Waals surface area contributed by atoms with E-state index in [0.717, 1.165) is 12.2 Å². The van der Waals surface area contributed by atoms with Crippen LogP contribution in [0.2, 0.25) is 0 Å². The van der Waals surface area contributed by atoms with E-state index in [9.17, 15) is 14.7 Å². The first-order valence-corrected chi connectivity index (χ1v) is 4.43. The lowest BCUT2D eigenvalue weighted by Crippen LogP contribution is -2.45. The summed E-state index contributed by atoms with van der Waals surface area (Å²) in [4.78, 5) is 22.2. The van der Waals surface area contributed by atoms with E-state index >= 15 is 0 Å². The van der Waals surface area contributed by atoms with E-state index in [4.69, 9.17) is 9.47 Å². The molecule has 0 spiro atoms. The fraction of sp³-hybridized carbons (Fsp3) is 0.400. The number of ether oxygens (including phenoxy) is 2. The summed E-state index contributed by atoms with van der Waals surface area (Å²) in [7, 11) is 0. The average molecular weight is 212 g/mol. The largest absolute Gasteiger partial charge is 0.416 e. The van der Waals surface area contributed by atoms with Gasteiger partial charge in [0, 0.05) is 19.1 Å². The van der Waals surface area contributed by atoms with Crippen LogP contribution in [0, 0.1) is 0 Å². The van der Waals surface area contributed by atoms with Crippen LogP contribution in [0.25, 0.3) is 0 Å². The Morgan fingerprint density at radius 2 is 1.80 bits per heavy atom. The fourth-order valence-electron chi connectivity index (χ4n) is 1.10. The SMILES string of the molecule is C/C=C/C(O)C1(C)OC(=O)C=CC(=O)O1. The lowest BCUT2D eigenvalue weighted by molar-refractivity contribution is -0.237. The third-order valence-corrected chi connectivity index (χ3v) is 1.87. The van der Waals surface area contributed by atoms with Gasteiger partial charge in [0.2, 0.25) is 0 Å². The molecule has 1 aliphatic heterocycles. The molecule has 0 aromatic heterocycles. The van der Waals surface area contributed by atoms with E-state index in [1.54, 1.807) is 13.0 Å². The van der Waals surface area contributed by atoms with Gasteiger partial charge >= 0.3 is 11.9 Å². The Labute approximate surface area is 87.0 Å². The molecule has 0 bridgehead atoms. The molecule has 0 aromatic carbocycles. The second-order valence-corrected chi connectivity index (χ2v) is 3.16. The van der Waals surface area contributed by atoms with Crippen LogP contribution in [0.1, 0.15) is 13.8 Å². The number of aliphatic hydroxyl groups is 1. The number of aliphatic hydroxyl groups excluding tert-OH is 1. The molecule has 5 nitrogen and oxygen atoms in total. The van der Waals surface area contributed by atoms with E-state index in [1.165, 1.54) is 13.0 Å². The highest BCUT2D eigenvalue weighted by Crippen LogP contribution is 2.22. The first kappa shape index (κ1) is 11.5. The van der Waals surface area contributed by atoms with Crippen LogP contribution in [0.5, 0.6) is 0 Å². The molecule has 15 heavy (non-hydrogen) atoms. The minimum Gasteiger partial charge on any atom is -0.416 e. The van der Waals surface area contributed by atoms with Crippen molar-refractivity contribution in [3.63, 3.8) is 0 Å². The Morgan fingerprint density at radius 3 is 2.20 bits per heavy atom. The molecule has 1 aliphatic rings. The summed E-state index contributed by atoms with van der Waals surface area (Å²) < 4.78 is 9.63. The number of allylic oxidation sites excluding steroid dienone is 1. The van der Waals surface area contributed by atoms with Crippen molar-refractivity contribution in [2.75, 3.05) is 0 Å². The van der Waals surface area contributed by atoms with Crippen LogP contribution in [-0.4, -0.2) is 28.9 Å². The van der Waals surface area contributed by atoms with Crippen LogP contribution in [0.4, 0.5) is 0 Å². The van der Waals surface area contributed by atoms with Crippen molar-refractivity contribution in [3.05, 3.63) is 24.3 Å². The van der Waals surface area contributed by atoms with Gasteiger partial charge in [0.15, 0.2) is 0 Å². The number of cyclic esters (lactones) is 2. The van der Waals surface area contributed by atoms with Crippen LogP contribution in [-0.2, 0) is 19.1 Å². The van der Waals surface area contributed by atoms with Crippen molar-refractivity contribution < 1.29 is 24.2 Å². The predicted molar refractivity (Wildman–Crippen MR) is 50.5 cm³/mol. The van der Waals surface area contributed by atoms with Gasteiger partial charge in [-0.3, -0.25) is 0 Å². The van der Waals surface area contributed by atoms with Crippen molar-refractivity contribution >= 4 is 11.9 Å². The third kappa shape index (κ3) is 2.66. The molecule has 0 fully saturated rings. The van der Waals surface area contributed by atoms with E-state index in [1.807, 2.05) is 0 Å². The molecule has 0 amide bonds. The first-order valence-electron chi connectivity index (χ1n) is 4.43. The van der Waals surface area contributed by atoms with E-state index in [-0.39, 0.29) is 0 Å². The van der Waals surface area contributed by atoms with E-state index in [0.29, 0.717) is 0 Å². The summed E-state index contributed by atoms with van der Waals surface area (Å²) in [6.07, 6.45) is 3.64. The van der Waals surface area contributed by atoms with Gasteiger partial charge in [0.05, 0.1) is 0 Å². The summed E-state index contributed by atoms with van der Waals surface area (Å²) in [6.45, 7) is 3.01. The van der Waals surface area contributed by atoms with Gasteiger partial charge in [-0.15, -0.1) is 0 Å². The molecule has 0 radical (unpaired) electrons. The Kier molecular flexibility index (Phi) is 3.26.